The highest BCUT2D eigenvalue weighted by atomic mass is 16.3. The second-order valence-corrected chi connectivity index (χ2v) is 5.42. The maximum Gasteiger partial charge on any atom is 0.169 e. The van der Waals surface area contributed by atoms with E-state index in [9.17, 15) is 10.4 Å². The number of aryl methyl sites for hydroxylation is 1. The van der Waals surface area contributed by atoms with Gasteiger partial charge in [-0.3, -0.25) is 0 Å². The van der Waals surface area contributed by atoms with Gasteiger partial charge in [0, 0.05) is 13.1 Å². The van der Waals surface area contributed by atoms with E-state index in [1.807, 2.05) is 20.8 Å². The van der Waals surface area contributed by atoms with Gasteiger partial charge < -0.3 is 10.0 Å². The van der Waals surface area contributed by atoms with Crippen LogP contribution in [0.25, 0.3) is 0 Å². The molecule has 5 heteroatoms. The van der Waals surface area contributed by atoms with E-state index in [0.29, 0.717) is 17.8 Å². The fourth-order valence-electron chi connectivity index (χ4n) is 2.83. The summed E-state index contributed by atoms with van der Waals surface area (Å²) in [4.78, 5) is 2.08. The first-order valence-corrected chi connectivity index (χ1v) is 7.33. The summed E-state index contributed by atoms with van der Waals surface area (Å²) in [6.07, 6.45) is 2.04. The van der Waals surface area contributed by atoms with Gasteiger partial charge in [0.15, 0.2) is 5.82 Å². The Morgan fingerprint density at radius 2 is 2.10 bits per heavy atom. The zero-order valence-electron chi connectivity index (χ0n) is 12.4. The van der Waals surface area contributed by atoms with Crippen LogP contribution in [0.5, 0.6) is 0 Å². The molecule has 0 saturated carbocycles. The third kappa shape index (κ3) is 2.61. The van der Waals surface area contributed by atoms with Gasteiger partial charge in [0.2, 0.25) is 0 Å². The average Bonchev–Trinajstić information content (AvgIpc) is 2.48. The molecule has 2 unspecified atom stereocenters. The quantitative estimate of drug-likeness (QED) is 0.908. The van der Waals surface area contributed by atoms with Crippen molar-refractivity contribution in [1.82, 2.24) is 10.2 Å². The summed E-state index contributed by atoms with van der Waals surface area (Å²) in [5.41, 5.74) is 2.58. The molecule has 2 rings (SSSR count). The SMILES string of the molecule is CCc1nnc(N2CCC(O)C(C)C2)c(C#N)c1CC. The smallest absolute Gasteiger partial charge is 0.169 e. The molecule has 1 fully saturated rings. The highest BCUT2D eigenvalue weighted by Gasteiger charge is 2.28. The average molecular weight is 274 g/mol. The molecular weight excluding hydrogens is 252 g/mol. The molecular formula is C15H22N4O. The normalized spacial score (nSPS) is 22.6. The zero-order valence-corrected chi connectivity index (χ0v) is 12.4. The second-order valence-electron chi connectivity index (χ2n) is 5.42. The number of aliphatic hydroxyl groups excluding tert-OH is 1. The number of hydrogen-bond acceptors (Lipinski definition) is 5. The Bertz CT molecular complexity index is 523. The summed E-state index contributed by atoms with van der Waals surface area (Å²) in [6.45, 7) is 7.55. The Hall–Kier alpha value is -1.67. The maximum absolute atomic E-state index is 9.82. The molecule has 20 heavy (non-hydrogen) atoms. The third-order valence-corrected chi connectivity index (χ3v) is 4.10. The summed E-state index contributed by atoms with van der Waals surface area (Å²) in [5, 5.41) is 27.9. The van der Waals surface area contributed by atoms with E-state index < -0.39 is 0 Å². The van der Waals surface area contributed by atoms with Crippen LogP contribution in [-0.2, 0) is 12.8 Å². The lowest BCUT2D eigenvalue weighted by molar-refractivity contribution is 0.0968. The molecule has 1 aliphatic heterocycles. The number of aromatic nitrogens is 2. The van der Waals surface area contributed by atoms with Crippen LogP contribution in [0.2, 0.25) is 0 Å². The standard InChI is InChI=1S/C15H22N4O/c1-4-11-12(8-16)15(18-17-13(11)5-2)19-7-6-14(20)10(3)9-19/h10,14,20H,4-7,9H2,1-3H3. The predicted molar refractivity (Wildman–Crippen MR) is 77.5 cm³/mol. The van der Waals surface area contributed by atoms with Gasteiger partial charge in [-0.25, -0.2) is 0 Å². The van der Waals surface area contributed by atoms with Crippen molar-refractivity contribution in [3.8, 4) is 6.07 Å². The van der Waals surface area contributed by atoms with Gasteiger partial charge in [-0.15, -0.1) is 5.10 Å². The van der Waals surface area contributed by atoms with Gasteiger partial charge >= 0.3 is 0 Å². The van der Waals surface area contributed by atoms with Crippen LogP contribution in [0.4, 0.5) is 5.82 Å². The monoisotopic (exact) mass is 274 g/mol. The molecule has 0 bridgehead atoms. The van der Waals surface area contributed by atoms with Gasteiger partial charge in [0.25, 0.3) is 0 Å². The number of anilines is 1. The highest BCUT2D eigenvalue weighted by molar-refractivity contribution is 5.58. The minimum absolute atomic E-state index is 0.188. The first kappa shape index (κ1) is 14.7. The molecule has 0 aliphatic carbocycles. The number of nitrogens with zero attached hydrogens (tertiary/aromatic N) is 4. The Morgan fingerprint density at radius 3 is 2.65 bits per heavy atom. The Labute approximate surface area is 120 Å². The molecule has 1 aromatic rings. The first-order valence-electron chi connectivity index (χ1n) is 7.33. The van der Waals surface area contributed by atoms with E-state index in [0.717, 1.165) is 37.2 Å². The van der Waals surface area contributed by atoms with Crippen molar-refractivity contribution in [3.05, 3.63) is 16.8 Å². The van der Waals surface area contributed by atoms with Crippen LogP contribution >= 0.6 is 0 Å². The number of nitriles is 1. The number of aliphatic hydroxyl groups is 1. The van der Waals surface area contributed by atoms with E-state index in [1.54, 1.807) is 0 Å². The topological polar surface area (TPSA) is 73.0 Å². The van der Waals surface area contributed by atoms with E-state index in [1.165, 1.54) is 0 Å². The lowest BCUT2D eigenvalue weighted by Crippen LogP contribution is -2.42. The van der Waals surface area contributed by atoms with Crippen molar-refractivity contribution < 1.29 is 5.11 Å². The molecule has 0 amide bonds. The largest absolute Gasteiger partial charge is 0.393 e. The van der Waals surface area contributed by atoms with Crippen LogP contribution in [-0.4, -0.2) is 34.5 Å². The van der Waals surface area contributed by atoms with Crippen LogP contribution in [0.15, 0.2) is 0 Å². The lowest BCUT2D eigenvalue weighted by atomic mass is 9.96. The second kappa shape index (κ2) is 6.19. The van der Waals surface area contributed by atoms with E-state index >= 15 is 0 Å². The maximum atomic E-state index is 9.82. The Morgan fingerprint density at radius 1 is 1.35 bits per heavy atom. The summed E-state index contributed by atoms with van der Waals surface area (Å²) in [7, 11) is 0. The summed E-state index contributed by atoms with van der Waals surface area (Å²) in [5.74, 6) is 0.869. The highest BCUT2D eigenvalue weighted by Crippen LogP contribution is 2.27. The van der Waals surface area contributed by atoms with Gasteiger partial charge in [-0.1, -0.05) is 20.8 Å². The molecule has 1 N–H and O–H groups in total. The third-order valence-electron chi connectivity index (χ3n) is 4.10. The molecule has 0 aromatic carbocycles. The van der Waals surface area contributed by atoms with Crippen LogP contribution in [0.3, 0.4) is 0 Å². The number of rotatable bonds is 3. The van der Waals surface area contributed by atoms with E-state index in [-0.39, 0.29) is 12.0 Å². The summed E-state index contributed by atoms with van der Waals surface area (Å²) >= 11 is 0. The molecule has 1 aromatic heterocycles. The molecule has 1 aliphatic rings. The van der Waals surface area contributed by atoms with Crippen molar-refractivity contribution in [3.63, 3.8) is 0 Å². The van der Waals surface area contributed by atoms with Gasteiger partial charge in [0.05, 0.1) is 11.8 Å². The summed E-state index contributed by atoms with van der Waals surface area (Å²) in [6, 6.07) is 2.31. The fourth-order valence-corrected chi connectivity index (χ4v) is 2.83. The van der Waals surface area contributed by atoms with E-state index in [2.05, 4.69) is 21.2 Å². The van der Waals surface area contributed by atoms with Crippen LogP contribution in [0.1, 0.15) is 44.0 Å². The molecule has 5 nitrogen and oxygen atoms in total. The lowest BCUT2D eigenvalue weighted by Gasteiger charge is -2.35. The van der Waals surface area contributed by atoms with Crippen molar-refractivity contribution in [2.24, 2.45) is 5.92 Å². The van der Waals surface area contributed by atoms with Crippen molar-refractivity contribution in [2.75, 3.05) is 18.0 Å². The van der Waals surface area contributed by atoms with E-state index in [4.69, 9.17) is 0 Å². The van der Waals surface area contributed by atoms with Crippen molar-refractivity contribution in [1.29, 1.82) is 5.26 Å². The van der Waals surface area contributed by atoms with Gasteiger partial charge in [-0.05, 0) is 30.7 Å². The van der Waals surface area contributed by atoms with Crippen LogP contribution in [0, 0.1) is 17.2 Å². The Kier molecular flexibility index (Phi) is 4.56. The minimum atomic E-state index is -0.259. The van der Waals surface area contributed by atoms with Gasteiger partial charge in [-0.2, -0.15) is 10.4 Å². The predicted octanol–water partition coefficient (Wildman–Crippen LogP) is 1.68. The molecule has 1 saturated heterocycles. The zero-order chi connectivity index (χ0) is 14.7. The first-order chi connectivity index (χ1) is 9.62. The minimum Gasteiger partial charge on any atom is -0.393 e. The fraction of sp³-hybridized carbons (Fsp3) is 0.667. The molecule has 2 atom stereocenters. The van der Waals surface area contributed by atoms with Gasteiger partial charge in [0.1, 0.15) is 11.6 Å². The van der Waals surface area contributed by atoms with Crippen LogP contribution < -0.4 is 4.90 Å². The van der Waals surface area contributed by atoms with Crippen molar-refractivity contribution >= 4 is 5.82 Å². The molecule has 0 spiro atoms. The molecule has 108 valence electrons. The molecule has 2 heterocycles. The molecule has 0 radical (unpaired) electrons. The number of piperidine rings is 1. The number of hydrogen-bond donors (Lipinski definition) is 1. The summed E-state index contributed by atoms with van der Waals surface area (Å²) < 4.78 is 0. The Balaban J connectivity index is 2.40. The van der Waals surface area contributed by atoms with Crippen molar-refractivity contribution in [2.45, 2.75) is 46.1 Å².